The zero-order chi connectivity index (χ0) is 31.3. The number of amides is 1. The van der Waals surface area contributed by atoms with Crippen molar-refractivity contribution in [2.45, 2.75) is 42.3 Å². The molecule has 3 aromatic carbocycles. The number of benzene rings is 3. The Morgan fingerprint density at radius 1 is 1.04 bits per heavy atom. The van der Waals surface area contributed by atoms with Crippen LogP contribution in [0.15, 0.2) is 76.6 Å². The average Bonchev–Trinajstić information content (AvgIpc) is 3.64. The molecule has 1 amide bonds. The molecule has 0 bridgehead atoms. The van der Waals surface area contributed by atoms with E-state index < -0.39 is 17.7 Å². The molecule has 45 heavy (non-hydrogen) atoms. The maximum Gasteiger partial charge on any atom is 0.301 e. The minimum absolute atomic E-state index is 0.101. The van der Waals surface area contributed by atoms with E-state index in [1.54, 1.807) is 54.6 Å². The van der Waals surface area contributed by atoms with Crippen LogP contribution in [0.1, 0.15) is 48.9 Å². The van der Waals surface area contributed by atoms with Gasteiger partial charge in [-0.25, -0.2) is 4.39 Å². The van der Waals surface area contributed by atoms with Gasteiger partial charge in [-0.15, -0.1) is 10.2 Å². The number of aliphatic hydroxyl groups excluding tert-OH is 1. The number of hydrogen-bond donors (Lipinski definition) is 1. The van der Waals surface area contributed by atoms with Gasteiger partial charge in [0.1, 0.15) is 30.5 Å². The highest BCUT2D eigenvalue weighted by molar-refractivity contribution is 8.00. The van der Waals surface area contributed by atoms with Crippen LogP contribution in [0.3, 0.4) is 0 Å². The topological polar surface area (TPSA) is 111 Å². The highest BCUT2D eigenvalue weighted by Crippen LogP contribution is 2.45. The first-order valence-electron chi connectivity index (χ1n) is 14.6. The number of ether oxygens (including phenoxy) is 3. The van der Waals surface area contributed by atoms with E-state index in [1.165, 1.54) is 22.7 Å². The van der Waals surface area contributed by atoms with E-state index >= 15 is 0 Å². The number of anilines is 1. The summed E-state index contributed by atoms with van der Waals surface area (Å²) in [7, 11) is 0. The fraction of sp³-hybridized carbons (Fsp3) is 0.273. The lowest BCUT2D eigenvalue weighted by Gasteiger charge is -2.23. The van der Waals surface area contributed by atoms with Crippen molar-refractivity contribution in [3.8, 4) is 17.2 Å². The van der Waals surface area contributed by atoms with Gasteiger partial charge in [-0.2, -0.15) is 0 Å². The van der Waals surface area contributed by atoms with E-state index in [1.807, 2.05) is 6.07 Å². The van der Waals surface area contributed by atoms with Crippen LogP contribution in [0.2, 0.25) is 0 Å². The quantitative estimate of drug-likeness (QED) is 0.0462. The van der Waals surface area contributed by atoms with Gasteiger partial charge in [0.2, 0.25) is 5.13 Å². The van der Waals surface area contributed by atoms with Crippen molar-refractivity contribution < 1.29 is 33.3 Å². The molecule has 232 valence electrons. The molecule has 0 radical (unpaired) electrons. The summed E-state index contributed by atoms with van der Waals surface area (Å²) in [5, 5.41) is 20.2. The second kappa shape index (κ2) is 13.7. The molecular formula is C33H30FN3O6S2. The number of unbranched alkanes of at least 4 members (excludes halogenated alkanes) is 2. The summed E-state index contributed by atoms with van der Waals surface area (Å²) in [5.74, 6) is -0.553. The van der Waals surface area contributed by atoms with Crippen molar-refractivity contribution in [3.05, 3.63) is 94.8 Å². The zero-order valence-corrected chi connectivity index (χ0v) is 26.0. The van der Waals surface area contributed by atoms with Crippen LogP contribution in [-0.4, -0.2) is 46.8 Å². The summed E-state index contributed by atoms with van der Waals surface area (Å²) in [6.07, 6.45) is 2.98. The molecule has 4 aromatic rings. The van der Waals surface area contributed by atoms with E-state index in [4.69, 9.17) is 14.2 Å². The van der Waals surface area contributed by atoms with E-state index in [2.05, 4.69) is 17.1 Å². The van der Waals surface area contributed by atoms with Crippen LogP contribution in [0, 0.1) is 5.82 Å². The fourth-order valence-corrected chi connectivity index (χ4v) is 6.97. The molecule has 1 fully saturated rings. The molecular weight excluding hydrogens is 618 g/mol. The number of hydrogen-bond acceptors (Lipinski definition) is 10. The molecule has 3 heterocycles. The number of Topliss-reactive ketones (excluding diaryl/α,β-unsaturated/α-hetero) is 1. The number of rotatable bonds is 11. The largest absolute Gasteiger partial charge is 0.507 e. The molecule has 1 saturated heterocycles. The number of nitrogens with zero attached hydrogens (tertiary/aromatic N) is 3. The number of fused-ring (bicyclic) bond motifs is 1. The Hall–Kier alpha value is -4.42. The second-order valence-electron chi connectivity index (χ2n) is 10.4. The Morgan fingerprint density at radius 3 is 2.69 bits per heavy atom. The molecule has 1 N–H and O–H groups in total. The van der Waals surface area contributed by atoms with Crippen LogP contribution in [0.25, 0.3) is 5.76 Å². The predicted octanol–water partition coefficient (Wildman–Crippen LogP) is 6.94. The summed E-state index contributed by atoms with van der Waals surface area (Å²) in [4.78, 5) is 28.6. The van der Waals surface area contributed by atoms with Gasteiger partial charge in [0, 0.05) is 11.3 Å². The number of carbonyl (C=O) groups is 2. The van der Waals surface area contributed by atoms with Crippen molar-refractivity contribution >= 4 is 45.7 Å². The van der Waals surface area contributed by atoms with Gasteiger partial charge in [-0.3, -0.25) is 14.5 Å². The first kappa shape index (κ1) is 30.6. The van der Waals surface area contributed by atoms with Gasteiger partial charge < -0.3 is 19.3 Å². The maximum atomic E-state index is 14.2. The number of aliphatic hydroxyl groups is 1. The highest BCUT2D eigenvalue weighted by Gasteiger charge is 2.48. The molecule has 9 nitrogen and oxygen atoms in total. The number of ketones is 1. The van der Waals surface area contributed by atoms with E-state index in [-0.39, 0.29) is 22.3 Å². The van der Waals surface area contributed by atoms with Crippen LogP contribution in [0.5, 0.6) is 17.2 Å². The van der Waals surface area contributed by atoms with Gasteiger partial charge in [0.15, 0.2) is 15.8 Å². The highest BCUT2D eigenvalue weighted by atomic mass is 32.2. The summed E-state index contributed by atoms with van der Waals surface area (Å²) < 4.78 is 31.9. The Kier molecular flexibility index (Phi) is 9.31. The standard InChI is InChI=1S/C33H30FN3O6S2/c1-2-3-6-14-41-23-10-7-9-20(17-23)28-27(29(38)21-12-13-25-26(18-21)43-16-15-42-25)30(39)31(40)37(28)32-35-36-33(45-32)44-19-22-8-4-5-11-24(22)34/h4-5,7-13,17-18,28,38H,2-3,6,14-16,19H2,1H3/b29-27+/t28-/m1/s1. The number of carbonyl (C=O) groups excluding carboxylic acids is 2. The normalized spacial score (nSPS) is 17.1. The molecule has 1 atom stereocenters. The number of aromatic nitrogens is 2. The van der Waals surface area contributed by atoms with Crippen LogP contribution >= 0.6 is 23.1 Å². The van der Waals surface area contributed by atoms with E-state index in [0.29, 0.717) is 63.9 Å². The van der Waals surface area contributed by atoms with Crippen LogP contribution in [0.4, 0.5) is 9.52 Å². The van der Waals surface area contributed by atoms with E-state index in [0.717, 1.165) is 30.6 Å². The first-order valence-corrected chi connectivity index (χ1v) is 16.4. The smallest absolute Gasteiger partial charge is 0.301 e. The zero-order valence-electron chi connectivity index (χ0n) is 24.4. The van der Waals surface area contributed by atoms with Crippen molar-refractivity contribution in [3.63, 3.8) is 0 Å². The van der Waals surface area contributed by atoms with E-state index in [9.17, 15) is 19.1 Å². The predicted molar refractivity (Wildman–Crippen MR) is 170 cm³/mol. The molecule has 0 unspecified atom stereocenters. The van der Waals surface area contributed by atoms with Crippen molar-refractivity contribution in [1.29, 1.82) is 0 Å². The Labute approximate surface area is 267 Å². The summed E-state index contributed by atoms with van der Waals surface area (Å²) >= 11 is 2.38. The maximum absolute atomic E-state index is 14.2. The van der Waals surface area contributed by atoms with Gasteiger partial charge in [0.25, 0.3) is 5.78 Å². The minimum atomic E-state index is -1.02. The third-order valence-electron chi connectivity index (χ3n) is 7.36. The molecule has 0 aliphatic carbocycles. The summed E-state index contributed by atoms with van der Waals surface area (Å²) in [6, 6.07) is 17.4. The van der Waals surface area contributed by atoms with Gasteiger partial charge in [0.05, 0.1) is 18.2 Å². The molecule has 12 heteroatoms. The van der Waals surface area contributed by atoms with Crippen molar-refractivity contribution in [2.24, 2.45) is 0 Å². The molecule has 2 aliphatic heterocycles. The van der Waals surface area contributed by atoms with Gasteiger partial charge in [-0.05, 0) is 53.9 Å². The molecule has 0 saturated carbocycles. The fourth-order valence-electron chi connectivity index (χ4n) is 5.12. The molecule has 0 spiro atoms. The number of thioether (sulfide) groups is 1. The van der Waals surface area contributed by atoms with Crippen molar-refractivity contribution in [1.82, 2.24) is 10.2 Å². The second-order valence-corrected chi connectivity index (χ2v) is 12.6. The lowest BCUT2D eigenvalue weighted by molar-refractivity contribution is -0.132. The average molecular weight is 648 g/mol. The van der Waals surface area contributed by atoms with Crippen LogP contribution < -0.4 is 19.1 Å². The Bertz CT molecular complexity index is 1760. The summed E-state index contributed by atoms with van der Waals surface area (Å²) in [6.45, 7) is 3.39. The number of halogens is 1. The summed E-state index contributed by atoms with van der Waals surface area (Å²) in [5.41, 5.74) is 1.26. The monoisotopic (exact) mass is 647 g/mol. The molecule has 6 rings (SSSR count). The third-order valence-corrected chi connectivity index (χ3v) is 9.47. The van der Waals surface area contributed by atoms with Gasteiger partial charge >= 0.3 is 5.91 Å². The lowest BCUT2D eigenvalue weighted by atomic mass is 9.95. The van der Waals surface area contributed by atoms with Crippen LogP contribution in [-0.2, 0) is 15.3 Å². The van der Waals surface area contributed by atoms with Gasteiger partial charge in [-0.1, -0.05) is 73.2 Å². The Morgan fingerprint density at radius 2 is 1.87 bits per heavy atom. The van der Waals surface area contributed by atoms with Crippen molar-refractivity contribution in [2.75, 3.05) is 24.7 Å². The third kappa shape index (κ3) is 6.52. The molecule has 2 aliphatic rings. The Balaban J connectivity index is 1.38. The first-order chi connectivity index (χ1) is 21.9. The molecule has 1 aromatic heterocycles. The SMILES string of the molecule is CCCCCOc1cccc([C@@H]2/C(=C(\O)c3ccc4c(c3)OCCO4)C(=O)C(=O)N2c2nnc(SCc3ccccc3F)s2)c1. The minimum Gasteiger partial charge on any atom is -0.507 e. The lowest BCUT2D eigenvalue weighted by Crippen LogP contribution is -2.29.